The summed E-state index contributed by atoms with van der Waals surface area (Å²) in [6.07, 6.45) is 5.94. The lowest BCUT2D eigenvalue weighted by atomic mass is 9.98. The van der Waals surface area contributed by atoms with Crippen molar-refractivity contribution < 1.29 is 42.9 Å². The van der Waals surface area contributed by atoms with Gasteiger partial charge >= 0.3 is 5.97 Å². The molecule has 1 heterocycles. The molecule has 1 atom stereocenters. The molecule has 15 nitrogen and oxygen atoms in total. The van der Waals surface area contributed by atoms with Gasteiger partial charge in [0, 0.05) is 42.6 Å². The van der Waals surface area contributed by atoms with Crippen LogP contribution < -0.4 is 42.2 Å². The number of phenols is 1. The van der Waals surface area contributed by atoms with Gasteiger partial charge in [0.1, 0.15) is 34.1 Å². The lowest BCUT2D eigenvalue weighted by Gasteiger charge is -2.18. The highest BCUT2D eigenvalue weighted by Crippen LogP contribution is 2.41. The normalized spacial score (nSPS) is 11.4. The summed E-state index contributed by atoms with van der Waals surface area (Å²) >= 11 is 0. The van der Waals surface area contributed by atoms with Crippen molar-refractivity contribution in [3.05, 3.63) is 56.8 Å². The first-order chi connectivity index (χ1) is 25.7. The zero-order valence-electron chi connectivity index (χ0n) is 32.0. The third-order valence-electron chi connectivity index (χ3n) is 8.34. The molecule has 54 heavy (non-hydrogen) atoms. The molecule has 0 aliphatic rings. The molecule has 0 aliphatic carbocycles. The van der Waals surface area contributed by atoms with Crippen LogP contribution in [0, 0.1) is 0 Å². The maximum absolute atomic E-state index is 14.4. The number of phenolic OH excluding ortho intramolecular Hbond substituents is 1. The summed E-state index contributed by atoms with van der Waals surface area (Å²) in [5, 5.41) is 14.6. The first-order valence-corrected chi connectivity index (χ1v) is 17.8. The van der Waals surface area contributed by atoms with Crippen molar-refractivity contribution in [3.8, 4) is 23.0 Å². The van der Waals surface area contributed by atoms with Crippen molar-refractivity contribution in [2.45, 2.75) is 85.1 Å². The number of esters is 1. The first-order valence-electron chi connectivity index (χ1n) is 17.8. The Morgan fingerprint density at radius 3 is 2.06 bits per heavy atom. The molecule has 3 aromatic rings. The molecule has 0 aliphatic heterocycles. The smallest absolute Gasteiger partial charge is 0.328 e. The predicted molar refractivity (Wildman–Crippen MR) is 207 cm³/mol. The highest BCUT2D eigenvalue weighted by Gasteiger charge is 2.25. The van der Waals surface area contributed by atoms with E-state index in [9.17, 15) is 24.3 Å². The SMILES string of the molecule is COC(=O)[C@@H](CCCN=C(N)N)NC(=O)CCCOc1cc2oc3cc(OCCCC(N)=O)c(OC)c(CC=C(C)C)c3c(=O)c2c(O)c1CC=C(C)C. The highest BCUT2D eigenvalue weighted by molar-refractivity contribution is 5.98. The molecular formula is C39H53N5O10. The zero-order valence-corrected chi connectivity index (χ0v) is 32.0. The van der Waals surface area contributed by atoms with Crippen molar-refractivity contribution in [2.75, 3.05) is 34.0 Å². The van der Waals surface area contributed by atoms with Crippen molar-refractivity contribution in [2.24, 2.45) is 22.2 Å². The second kappa shape index (κ2) is 20.5. The number of primary amides is 1. The van der Waals surface area contributed by atoms with E-state index in [4.69, 9.17) is 40.6 Å². The number of nitrogens with zero attached hydrogens (tertiary/aromatic N) is 1. The molecule has 0 saturated carbocycles. The number of allylic oxidation sites excluding steroid dienone is 4. The number of hydrogen-bond donors (Lipinski definition) is 5. The van der Waals surface area contributed by atoms with Crippen LogP contribution in [0.4, 0.5) is 0 Å². The Labute approximate surface area is 314 Å². The maximum atomic E-state index is 14.4. The van der Waals surface area contributed by atoms with Crippen LogP contribution in [-0.4, -0.2) is 68.9 Å². The van der Waals surface area contributed by atoms with Crippen LogP contribution in [0.5, 0.6) is 23.0 Å². The zero-order chi connectivity index (χ0) is 39.9. The molecule has 0 spiro atoms. The molecule has 0 fully saturated rings. The van der Waals surface area contributed by atoms with Gasteiger partial charge in [0.05, 0.1) is 32.8 Å². The van der Waals surface area contributed by atoms with E-state index in [1.165, 1.54) is 14.2 Å². The van der Waals surface area contributed by atoms with Gasteiger partial charge in [-0.15, -0.1) is 0 Å². The number of carbonyl (C=O) groups is 3. The summed E-state index contributed by atoms with van der Waals surface area (Å²) in [5.74, 6) is -0.839. The monoisotopic (exact) mass is 751 g/mol. The molecular weight excluding hydrogens is 698 g/mol. The molecule has 294 valence electrons. The Bertz CT molecular complexity index is 1970. The van der Waals surface area contributed by atoms with Gasteiger partial charge in [-0.05, 0) is 66.2 Å². The van der Waals surface area contributed by atoms with Gasteiger partial charge in [-0.2, -0.15) is 0 Å². The summed E-state index contributed by atoms with van der Waals surface area (Å²) < 4.78 is 29.0. The Hall–Kier alpha value is -5.73. The second-order valence-corrected chi connectivity index (χ2v) is 13.2. The van der Waals surface area contributed by atoms with Crippen molar-refractivity contribution >= 4 is 45.7 Å². The average molecular weight is 752 g/mol. The van der Waals surface area contributed by atoms with Gasteiger partial charge in [0.15, 0.2) is 17.5 Å². The van der Waals surface area contributed by atoms with Crippen LogP contribution in [0.15, 0.2) is 49.6 Å². The molecule has 0 bridgehead atoms. The molecule has 2 aromatic carbocycles. The molecule has 15 heteroatoms. The van der Waals surface area contributed by atoms with Gasteiger partial charge < -0.3 is 51.0 Å². The van der Waals surface area contributed by atoms with Crippen molar-refractivity contribution in [1.82, 2.24) is 5.32 Å². The van der Waals surface area contributed by atoms with Crippen molar-refractivity contribution in [1.29, 1.82) is 0 Å². The predicted octanol–water partition coefficient (Wildman–Crippen LogP) is 4.19. The molecule has 0 unspecified atom stereocenters. The third-order valence-corrected chi connectivity index (χ3v) is 8.34. The van der Waals surface area contributed by atoms with Gasteiger partial charge in [-0.3, -0.25) is 19.4 Å². The van der Waals surface area contributed by atoms with E-state index in [2.05, 4.69) is 10.3 Å². The van der Waals surface area contributed by atoms with Gasteiger partial charge in [0.2, 0.25) is 17.2 Å². The van der Waals surface area contributed by atoms with Crippen LogP contribution in [0.3, 0.4) is 0 Å². The Balaban J connectivity index is 2.00. The number of hydrogen-bond acceptors (Lipinski definition) is 11. The fourth-order valence-corrected chi connectivity index (χ4v) is 5.67. The number of ether oxygens (including phenoxy) is 4. The van der Waals surface area contributed by atoms with Crippen LogP contribution in [-0.2, 0) is 32.0 Å². The molecule has 3 rings (SSSR count). The van der Waals surface area contributed by atoms with Crippen LogP contribution in [0.1, 0.15) is 77.3 Å². The Morgan fingerprint density at radius 1 is 0.870 bits per heavy atom. The fraction of sp³-hybridized carbons (Fsp3) is 0.462. The number of rotatable bonds is 21. The number of benzene rings is 2. The standard InChI is InChI=1S/C39H53N5O10/c1-22(2)13-15-24-27(52-19-9-12-32(46)44-26(38(49)51-6)10-7-17-43-39(41)42)20-29-34(35(24)47)36(48)33-25(16-14-23(3)4)37(50-5)30(21-28(33)54-29)53-18-8-11-31(40)45/h13-14,20-21,26,47H,7-12,15-19H2,1-6H3,(H2,40,45)(H,44,46)(H4,41,42,43)/t26-/m1/s1. The Kier molecular flexibility index (Phi) is 16.2. The minimum atomic E-state index is -0.869. The molecule has 8 N–H and O–H groups in total. The van der Waals surface area contributed by atoms with E-state index in [-0.39, 0.29) is 90.6 Å². The van der Waals surface area contributed by atoms with Crippen LogP contribution in [0.2, 0.25) is 0 Å². The van der Waals surface area contributed by atoms with E-state index >= 15 is 0 Å². The largest absolute Gasteiger partial charge is 0.507 e. The number of methoxy groups -OCH3 is 2. The van der Waals surface area contributed by atoms with Gasteiger partial charge in [-0.25, -0.2) is 4.79 Å². The summed E-state index contributed by atoms with van der Waals surface area (Å²) in [5.41, 5.74) is 18.7. The van der Waals surface area contributed by atoms with Crippen LogP contribution >= 0.6 is 0 Å². The second-order valence-electron chi connectivity index (χ2n) is 13.2. The lowest BCUT2D eigenvalue weighted by molar-refractivity contribution is -0.145. The number of carbonyl (C=O) groups excluding carboxylic acids is 3. The fourth-order valence-electron chi connectivity index (χ4n) is 5.67. The summed E-state index contributed by atoms with van der Waals surface area (Å²) in [6, 6.07) is 2.25. The summed E-state index contributed by atoms with van der Waals surface area (Å²) in [6.45, 7) is 8.22. The van der Waals surface area contributed by atoms with E-state index in [1.54, 1.807) is 12.1 Å². The number of guanidine groups is 1. The quantitative estimate of drug-likeness (QED) is 0.0257. The van der Waals surface area contributed by atoms with E-state index in [0.29, 0.717) is 48.4 Å². The molecule has 1 aromatic heterocycles. The first kappa shape index (κ1) is 42.7. The molecule has 0 radical (unpaired) electrons. The number of fused-ring (bicyclic) bond motifs is 2. The van der Waals surface area contributed by atoms with E-state index in [0.717, 1.165) is 11.1 Å². The third kappa shape index (κ3) is 11.9. The summed E-state index contributed by atoms with van der Waals surface area (Å²) in [4.78, 5) is 54.6. The number of nitrogens with two attached hydrogens (primary N) is 3. The van der Waals surface area contributed by atoms with E-state index in [1.807, 2.05) is 39.8 Å². The lowest BCUT2D eigenvalue weighted by Crippen LogP contribution is -2.41. The Morgan fingerprint density at radius 2 is 1.46 bits per heavy atom. The number of amides is 2. The molecule has 0 saturated heterocycles. The van der Waals surface area contributed by atoms with E-state index < -0.39 is 23.3 Å². The van der Waals surface area contributed by atoms with Gasteiger partial charge in [0.25, 0.3) is 0 Å². The maximum Gasteiger partial charge on any atom is 0.328 e. The van der Waals surface area contributed by atoms with Gasteiger partial charge in [-0.1, -0.05) is 23.3 Å². The van der Waals surface area contributed by atoms with Crippen molar-refractivity contribution in [3.63, 3.8) is 0 Å². The number of aliphatic imine (C=N–C) groups is 1. The number of nitrogens with one attached hydrogen (secondary N) is 1. The van der Waals surface area contributed by atoms with Crippen LogP contribution in [0.25, 0.3) is 21.9 Å². The highest BCUT2D eigenvalue weighted by atomic mass is 16.5. The minimum Gasteiger partial charge on any atom is -0.507 e. The summed E-state index contributed by atoms with van der Waals surface area (Å²) in [7, 11) is 2.72. The number of aromatic hydroxyl groups is 1. The average Bonchev–Trinajstić information content (AvgIpc) is 3.10. The minimum absolute atomic E-state index is 0.0179. The topological polar surface area (TPSA) is 241 Å². The molecule has 2 amide bonds.